The van der Waals surface area contributed by atoms with Crippen LogP contribution in [0.2, 0.25) is 0 Å². The molecule has 0 amide bonds. The van der Waals surface area contributed by atoms with Gasteiger partial charge in [0.05, 0.1) is 29.7 Å². The molecule has 1 saturated carbocycles. The summed E-state index contributed by atoms with van der Waals surface area (Å²) in [7, 11) is 1.58. The van der Waals surface area contributed by atoms with E-state index in [1.165, 1.54) is 0 Å². The molecule has 0 atom stereocenters. The average molecular weight is 330 g/mol. The SMILES string of the molecule is COc1ccc2nccc(CC[C@]3(O)CC[C@H](C(=O)O)CC3)c2n1. The predicted octanol–water partition coefficient (Wildman–Crippen LogP) is 2.58. The molecule has 0 saturated heterocycles. The summed E-state index contributed by atoms with van der Waals surface area (Å²) in [5.74, 6) is -0.538. The summed E-state index contributed by atoms with van der Waals surface area (Å²) in [6.07, 6.45) is 5.15. The largest absolute Gasteiger partial charge is 0.481 e. The number of ether oxygens (including phenoxy) is 1. The van der Waals surface area contributed by atoms with E-state index in [9.17, 15) is 9.90 Å². The third-order valence-corrected chi connectivity index (χ3v) is 4.98. The Morgan fingerprint density at radius 2 is 2.08 bits per heavy atom. The smallest absolute Gasteiger partial charge is 0.306 e. The molecular formula is C18H22N2O4. The number of hydrogen-bond donors (Lipinski definition) is 2. The summed E-state index contributed by atoms with van der Waals surface area (Å²) in [6, 6.07) is 5.57. The van der Waals surface area contributed by atoms with E-state index in [4.69, 9.17) is 9.84 Å². The van der Waals surface area contributed by atoms with Crippen molar-refractivity contribution >= 4 is 17.0 Å². The topological polar surface area (TPSA) is 92.5 Å². The van der Waals surface area contributed by atoms with Gasteiger partial charge in [-0.05, 0) is 56.2 Å². The number of carbonyl (C=O) groups is 1. The van der Waals surface area contributed by atoms with Gasteiger partial charge in [-0.15, -0.1) is 0 Å². The second kappa shape index (κ2) is 6.73. The maximum Gasteiger partial charge on any atom is 0.306 e. The third-order valence-electron chi connectivity index (χ3n) is 4.98. The molecule has 0 radical (unpaired) electrons. The number of aromatic nitrogens is 2. The number of rotatable bonds is 5. The molecule has 128 valence electrons. The van der Waals surface area contributed by atoms with Gasteiger partial charge in [0, 0.05) is 12.3 Å². The fourth-order valence-electron chi connectivity index (χ4n) is 3.40. The van der Waals surface area contributed by atoms with Crippen molar-refractivity contribution in [2.24, 2.45) is 5.92 Å². The minimum Gasteiger partial charge on any atom is -0.481 e. The van der Waals surface area contributed by atoms with Crippen LogP contribution < -0.4 is 4.74 Å². The third kappa shape index (κ3) is 3.48. The molecule has 3 rings (SSSR count). The molecule has 2 heterocycles. The van der Waals surface area contributed by atoms with Crippen LogP contribution in [0.15, 0.2) is 24.4 Å². The van der Waals surface area contributed by atoms with E-state index in [0.717, 1.165) is 16.6 Å². The Balaban J connectivity index is 1.73. The normalized spacial score (nSPS) is 24.0. The van der Waals surface area contributed by atoms with Crippen LogP contribution >= 0.6 is 0 Å². The Morgan fingerprint density at radius 3 is 2.75 bits per heavy atom. The van der Waals surface area contributed by atoms with Crippen molar-refractivity contribution in [1.29, 1.82) is 0 Å². The van der Waals surface area contributed by atoms with Crippen LogP contribution in [-0.2, 0) is 11.2 Å². The van der Waals surface area contributed by atoms with Gasteiger partial charge in [-0.2, -0.15) is 0 Å². The van der Waals surface area contributed by atoms with Gasteiger partial charge in [-0.25, -0.2) is 4.98 Å². The maximum absolute atomic E-state index is 11.0. The molecule has 0 aromatic carbocycles. The number of aryl methyl sites for hydroxylation is 1. The second-order valence-electron chi connectivity index (χ2n) is 6.53. The molecule has 1 fully saturated rings. The molecule has 0 aliphatic heterocycles. The van der Waals surface area contributed by atoms with Gasteiger partial charge in [0.1, 0.15) is 0 Å². The van der Waals surface area contributed by atoms with E-state index in [-0.39, 0.29) is 5.92 Å². The van der Waals surface area contributed by atoms with Gasteiger partial charge in [0.2, 0.25) is 5.88 Å². The van der Waals surface area contributed by atoms with Crippen LogP contribution in [0.1, 0.15) is 37.7 Å². The lowest BCUT2D eigenvalue weighted by Gasteiger charge is -2.34. The van der Waals surface area contributed by atoms with Crippen molar-refractivity contribution in [1.82, 2.24) is 9.97 Å². The van der Waals surface area contributed by atoms with Gasteiger partial charge >= 0.3 is 5.97 Å². The van der Waals surface area contributed by atoms with Crippen LogP contribution in [0.3, 0.4) is 0 Å². The number of fused-ring (bicyclic) bond motifs is 1. The number of pyridine rings is 2. The predicted molar refractivity (Wildman–Crippen MR) is 89.0 cm³/mol. The number of hydrogen-bond acceptors (Lipinski definition) is 5. The number of carboxylic acids is 1. The number of aliphatic carboxylic acids is 1. The highest BCUT2D eigenvalue weighted by Gasteiger charge is 2.35. The fraction of sp³-hybridized carbons (Fsp3) is 0.500. The summed E-state index contributed by atoms with van der Waals surface area (Å²) in [5.41, 5.74) is 1.82. The Kier molecular flexibility index (Phi) is 4.66. The standard InChI is InChI=1S/C18H22N2O4/c1-24-15-3-2-14-16(20-15)12(7-11-19-14)4-8-18(23)9-5-13(6-10-18)17(21)22/h2-3,7,11,13,23H,4-6,8-10H2,1H3,(H,21,22)/t13-,18-. The minimum absolute atomic E-state index is 0.321. The Labute approximate surface area is 140 Å². The molecule has 0 unspecified atom stereocenters. The lowest BCUT2D eigenvalue weighted by atomic mass is 9.76. The number of nitrogens with zero attached hydrogens (tertiary/aromatic N) is 2. The van der Waals surface area contributed by atoms with E-state index in [2.05, 4.69) is 9.97 Å². The van der Waals surface area contributed by atoms with Crippen molar-refractivity contribution in [2.75, 3.05) is 7.11 Å². The summed E-state index contributed by atoms with van der Waals surface area (Å²) in [6.45, 7) is 0. The zero-order valence-corrected chi connectivity index (χ0v) is 13.7. The highest BCUT2D eigenvalue weighted by Crippen LogP contribution is 2.35. The lowest BCUT2D eigenvalue weighted by Crippen LogP contribution is -2.36. The lowest BCUT2D eigenvalue weighted by molar-refractivity contribution is -0.144. The molecule has 2 aromatic heterocycles. The molecule has 1 aliphatic rings. The molecule has 6 nitrogen and oxygen atoms in total. The van der Waals surface area contributed by atoms with Gasteiger partial charge in [-0.3, -0.25) is 9.78 Å². The molecule has 1 aliphatic carbocycles. The van der Waals surface area contributed by atoms with Crippen molar-refractivity contribution < 1.29 is 19.7 Å². The highest BCUT2D eigenvalue weighted by molar-refractivity contribution is 5.78. The van der Waals surface area contributed by atoms with E-state index in [1.807, 2.05) is 12.1 Å². The zero-order valence-electron chi connectivity index (χ0n) is 13.7. The number of carboxylic acid groups (broad SMARTS) is 1. The monoisotopic (exact) mass is 330 g/mol. The second-order valence-corrected chi connectivity index (χ2v) is 6.53. The van der Waals surface area contributed by atoms with Crippen molar-refractivity contribution in [3.8, 4) is 5.88 Å². The van der Waals surface area contributed by atoms with Gasteiger partial charge in [-0.1, -0.05) is 0 Å². The molecule has 0 bridgehead atoms. The fourth-order valence-corrected chi connectivity index (χ4v) is 3.40. The molecular weight excluding hydrogens is 308 g/mol. The first-order chi connectivity index (χ1) is 11.5. The zero-order chi connectivity index (χ0) is 17.2. The maximum atomic E-state index is 11.0. The van der Waals surface area contributed by atoms with Gasteiger partial charge < -0.3 is 14.9 Å². The average Bonchev–Trinajstić information content (AvgIpc) is 2.60. The van der Waals surface area contributed by atoms with Gasteiger partial charge in [0.25, 0.3) is 0 Å². The first-order valence-electron chi connectivity index (χ1n) is 8.24. The van der Waals surface area contributed by atoms with Crippen LogP contribution in [0.5, 0.6) is 5.88 Å². The number of aliphatic hydroxyl groups is 1. The quantitative estimate of drug-likeness (QED) is 0.875. The molecule has 2 aromatic rings. The highest BCUT2D eigenvalue weighted by atomic mass is 16.5. The first kappa shape index (κ1) is 16.6. The molecule has 24 heavy (non-hydrogen) atoms. The van der Waals surface area contributed by atoms with E-state index in [1.54, 1.807) is 19.4 Å². The Hall–Kier alpha value is -2.21. The van der Waals surface area contributed by atoms with Crippen LogP contribution in [-0.4, -0.2) is 38.9 Å². The molecule has 6 heteroatoms. The van der Waals surface area contributed by atoms with Crippen molar-refractivity contribution in [2.45, 2.75) is 44.1 Å². The number of methoxy groups -OCH3 is 1. The summed E-state index contributed by atoms with van der Waals surface area (Å²) in [5, 5.41) is 19.8. The van der Waals surface area contributed by atoms with E-state index >= 15 is 0 Å². The van der Waals surface area contributed by atoms with Crippen LogP contribution in [0, 0.1) is 5.92 Å². The Morgan fingerprint density at radius 1 is 1.33 bits per heavy atom. The molecule has 2 N–H and O–H groups in total. The van der Waals surface area contributed by atoms with Crippen molar-refractivity contribution in [3.05, 3.63) is 30.0 Å². The van der Waals surface area contributed by atoms with E-state index < -0.39 is 11.6 Å². The molecule has 0 spiro atoms. The van der Waals surface area contributed by atoms with E-state index in [0.29, 0.717) is 44.4 Å². The van der Waals surface area contributed by atoms with Crippen molar-refractivity contribution in [3.63, 3.8) is 0 Å². The first-order valence-corrected chi connectivity index (χ1v) is 8.24. The summed E-state index contributed by atoms with van der Waals surface area (Å²) >= 11 is 0. The Bertz CT molecular complexity index is 739. The van der Waals surface area contributed by atoms with Crippen LogP contribution in [0.25, 0.3) is 11.0 Å². The summed E-state index contributed by atoms with van der Waals surface area (Å²) in [4.78, 5) is 19.8. The summed E-state index contributed by atoms with van der Waals surface area (Å²) < 4.78 is 5.18. The van der Waals surface area contributed by atoms with Gasteiger partial charge in [0.15, 0.2) is 0 Å². The minimum atomic E-state index is -0.791. The van der Waals surface area contributed by atoms with Crippen LogP contribution in [0.4, 0.5) is 0 Å².